The predicted octanol–water partition coefficient (Wildman–Crippen LogP) is 1.81. The summed E-state index contributed by atoms with van der Waals surface area (Å²) >= 11 is 0. The molecule has 28 heavy (non-hydrogen) atoms. The van der Waals surface area contributed by atoms with Crippen LogP contribution in [-0.4, -0.2) is 55.7 Å². The molecule has 0 N–H and O–H groups in total. The van der Waals surface area contributed by atoms with Crippen LogP contribution in [0.1, 0.15) is 20.7 Å². The third-order valence-electron chi connectivity index (χ3n) is 4.14. The summed E-state index contributed by atoms with van der Waals surface area (Å²) in [4.78, 5) is 38.1. The van der Waals surface area contributed by atoms with Crippen LogP contribution in [0.3, 0.4) is 0 Å². The SMILES string of the molecule is COC(=O)C1OC(OC(=O)c2ccccc2)C(OC(=O)c2ccccc2)N1C. The summed E-state index contributed by atoms with van der Waals surface area (Å²) in [6, 6.07) is 16.6. The van der Waals surface area contributed by atoms with Gasteiger partial charge >= 0.3 is 17.9 Å². The summed E-state index contributed by atoms with van der Waals surface area (Å²) in [5.74, 6) is -2.03. The largest absolute Gasteiger partial charge is 0.466 e. The fourth-order valence-corrected chi connectivity index (χ4v) is 2.66. The van der Waals surface area contributed by atoms with Gasteiger partial charge in [-0.05, 0) is 31.3 Å². The van der Waals surface area contributed by atoms with Crippen molar-refractivity contribution < 1.29 is 33.3 Å². The highest BCUT2D eigenvalue weighted by molar-refractivity contribution is 5.90. The van der Waals surface area contributed by atoms with Crippen LogP contribution >= 0.6 is 0 Å². The molecule has 146 valence electrons. The van der Waals surface area contributed by atoms with E-state index in [-0.39, 0.29) is 0 Å². The number of likely N-dealkylation sites (N-methyl/N-ethyl adjacent to an activating group) is 1. The molecule has 0 spiro atoms. The van der Waals surface area contributed by atoms with Crippen molar-refractivity contribution in [1.29, 1.82) is 0 Å². The number of rotatable bonds is 5. The van der Waals surface area contributed by atoms with Crippen molar-refractivity contribution in [2.75, 3.05) is 14.2 Å². The fraction of sp³-hybridized carbons (Fsp3) is 0.250. The topological polar surface area (TPSA) is 91.4 Å². The van der Waals surface area contributed by atoms with Gasteiger partial charge in [0.1, 0.15) is 0 Å². The van der Waals surface area contributed by atoms with E-state index >= 15 is 0 Å². The molecule has 0 aliphatic carbocycles. The van der Waals surface area contributed by atoms with Gasteiger partial charge in [0.25, 0.3) is 6.29 Å². The lowest BCUT2D eigenvalue weighted by molar-refractivity contribution is -0.170. The number of nitrogens with zero attached hydrogens (tertiary/aromatic N) is 1. The standard InChI is InChI=1S/C20H19NO7/c1-21-15(19(24)25-2)27-20(28-18(23)14-11-7-4-8-12-14)16(21)26-17(22)13-9-5-3-6-10-13/h3-12,15-16,20H,1-2H3. The van der Waals surface area contributed by atoms with Gasteiger partial charge < -0.3 is 18.9 Å². The van der Waals surface area contributed by atoms with E-state index in [1.807, 2.05) is 0 Å². The minimum Gasteiger partial charge on any atom is -0.466 e. The highest BCUT2D eigenvalue weighted by Gasteiger charge is 2.49. The maximum absolute atomic E-state index is 12.4. The number of carbonyl (C=O) groups is 3. The second-order valence-corrected chi connectivity index (χ2v) is 5.98. The molecule has 2 aromatic carbocycles. The molecular weight excluding hydrogens is 366 g/mol. The van der Waals surface area contributed by atoms with Crippen molar-refractivity contribution in [3.63, 3.8) is 0 Å². The second-order valence-electron chi connectivity index (χ2n) is 5.98. The molecule has 0 saturated carbocycles. The Morgan fingerprint density at radius 2 is 1.36 bits per heavy atom. The van der Waals surface area contributed by atoms with Gasteiger partial charge in [-0.3, -0.25) is 0 Å². The minimum absolute atomic E-state index is 0.295. The first-order valence-electron chi connectivity index (χ1n) is 8.48. The summed E-state index contributed by atoms with van der Waals surface area (Å²) in [6.45, 7) is 0. The molecule has 8 heteroatoms. The monoisotopic (exact) mass is 385 g/mol. The van der Waals surface area contributed by atoms with Gasteiger partial charge in [0.2, 0.25) is 12.5 Å². The van der Waals surface area contributed by atoms with Crippen molar-refractivity contribution in [2.24, 2.45) is 0 Å². The van der Waals surface area contributed by atoms with E-state index in [1.165, 1.54) is 19.1 Å². The van der Waals surface area contributed by atoms with Crippen LogP contribution in [0, 0.1) is 0 Å². The van der Waals surface area contributed by atoms with Gasteiger partial charge in [0.05, 0.1) is 18.2 Å². The van der Waals surface area contributed by atoms with E-state index in [2.05, 4.69) is 0 Å². The zero-order valence-corrected chi connectivity index (χ0v) is 15.3. The molecule has 8 nitrogen and oxygen atoms in total. The number of hydrogen-bond donors (Lipinski definition) is 0. The van der Waals surface area contributed by atoms with E-state index in [4.69, 9.17) is 18.9 Å². The van der Waals surface area contributed by atoms with E-state index < -0.39 is 36.7 Å². The maximum atomic E-state index is 12.4. The van der Waals surface area contributed by atoms with Gasteiger partial charge in [0, 0.05) is 0 Å². The Balaban J connectivity index is 1.79. The molecule has 2 aromatic rings. The van der Waals surface area contributed by atoms with Crippen LogP contribution in [0.4, 0.5) is 0 Å². The van der Waals surface area contributed by atoms with Crippen molar-refractivity contribution in [1.82, 2.24) is 4.90 Å². The predicted molar refractivity (Wildman–Crippen MR) is 95.9 cm³/mol. The van der Waals surface area contributed by atoms with Crippen LogP contribution in [-0.2, 0) is 23.7 Å². The first kappa shape index (κ1) is 19.5. The van der Waals surface area contributed by atoms with Gasteiger partial charge in [-0.2, -0.15) is 0 Å². The van der Waals surface area contributed by atoms with E-state index in [1.54, 1.807) is 60.7 Å². The summed E-state index contributed by atoms with van der Waals surface area (Å²) in [5.41, 5.74) is 0.606. The molecule has 3 atom stereocenters. The minimum atomic E-state index is -1.31. The quantitative estimate of drug-likeness (QED) is 0.569. The highest BCUT2D eigenvalue weighted by atomic mass is 16.8. The summed E-state index contributed by atoms with van der Waals surface area (Å²) in [6.07, 6.45) is -3.63. The summed E-state index contributed by atoms with van der Waals surface area (Å²) in [5, 5.41) is 0. The Bertz CT molecular complexity index is 840. The normalized spacial score (nSPS) is 21.7. The molecule has 0 bridgehead atoms. The third kappa shape index (κ3) is 4.19. The van der Waals surface area contributed by atoms with Crippen molar-refractivity contribution in [3.05, 3.63) is 71.8 Å². The molecular formula is C20H19NO7. The van der Waals surface area contributed by atoms with E-state index in [9.17, 15) is 14.4 Å². The molecule has 1 fully saturated rings. The third-order valence-corrected chi connectivity index (χ3v) is 4.14. The Morgan fingerprint density at radius 1 is 0.857 bits per heavy atom. The summed E-state index contributed by atoms with van der Waals surface area (Å²) in [7, 11) is 2.70. The average molecular weight is 385 g/mol. The molecule has 1 aliphatic heterocycles. The molecule has 1 heterocycles. The van der Waals surface area contributed by atoms with Crippen molar-refractivity contribution >= 4 is 17.9 Å². The first-order valence-corrected chi connectivity index (χ1v) is 8.48. The number of carbonyl (C=O) groups excluding carboxylic acids is 3. The van der Waals surface area contributed by atoms with Crippen LogP contribution < -0.4 is 0 Å². The summed E-state index contributed by atoms with van der Waals surface area (Å²) < 4.78 is 21.0. The number of methoxy groups -OCH3 is 1. The first-order chi connectivity index (χ1) is 13.5. The molecule has 3 unspecified atom stereocenters. The van der Waals surface area contributed by atoms with Crippen LogP contribution in [0.15, 0.2) is 60.7 Å². The zero-order valence-electron chi connectivity index (χ0n) is 15.3. The molecule has 0 radical (unpaired) electrons. The average Bonchev–Trinajstić information content (AvgIpc) is 3.04. The zero-order chi connectivity index (χ0) is 20.1. The molecule has 3 rings (SSSR count). The second kappa shape index (κ2) is 8.64. The molecule has 0 amide bonds. The highest BCUT2D eigenvalue weighted by Crippen LogP contribution is 2.26. The Labute approximate surface area is 161 Å². The molecule has 1 aliphatic rings. The number of benzene rings is 2. The number of esters is 3. The van der Waals surface area contributed by atoms with Crippen LogP contribution in [0.2, 0.25) is 0 Å². The maximum Gasteiger partial charge on any atom is 0.350 e. The van der Waals surface area contributed by atoms with Crippen LogP contribution in [0.25, 0.3) is 0 Å². The molecule has 0 aromatic heterocycles. The van der Waals surface area contributed by atoms with E-state index in [0.29, 0.717) is 11.1 Å². The Kier molecular flexibility index (Phi) is 6.03. The van der Waals surface area contributed by atoms with Gasteiger partial charge in [0.15, 0.2) is 0 Å². The molecule has 1 saturated heterocycles. The number of ether oxygens (including phenoxy) is 4. The lowest BCUT2D eigenvalue weighted by atomic mass is 10.2. The fourth-order valence-electron chi connectivity index (χ4n) is 2.66. The Hall–Kier alpha value is -3.23. The van der Waals surface area contributed by atoms with Crippen molar-refractivity contribution in [3.8, 4) is 0 Å². The van der Waals surface area contributed by atoms with Gasteiger partial charge in [-0.15, -0.1) is 0 Å². The van der Waals surface area contributed by atoms with Gasteiger partial charge in [-0.1, -0.05) is 36.4 Å². The number of hydrogen-bond acceptors (Lipinski definition) is 8. The Morgan fingerprint density at radius 3 is 1.86 bits per heavy atom. The van der Waals surface area contributed by atoms with Crippen LogP contribution in [0.5, 0.6) is 0 Å². The lowest BCUT2D eigenvalue weighted by Crippen LogP contribution is -2.43. The van der Waals surface area contributed by atoms with Gasteiger partial charge in [-0.25, -0.2) is 19.3 Å². The van der Waals surface area contributed by atoms with Crippen molar-refractivity contribution in [2.45, 2.75) is 18.7 Å². The van der Waals surface area contributed by atoms with E-state index in [0.717, 1.165) is 0 Å². The smallest absolute Gasteiger partial charge is 0.350 e. The lowest BCUT2D eigenvalue weighted by Gasteiger charge is -2.23.